The van der Waals surface area contributed by atoms with Gasteiger partial charge in [-0.1, -0.05) is 12.8 Å². The fourth-order valence-electron chi connectivity index (χ4n) is 2.34. The number of H-pyrrole nitrogens is 1. The first-order valence-electron chi connectivity index (χ1n) is 7.05. The molecule has 2 rings (SSSR count). The van der Waals surface area contributed by atoms with Crippen molar-refractivity contribution in [2.24, 2.45) is 0 Å². The monoisotopic (exact) mass is 313 g/mol. The Morgan fingerprint density at radius 1 is 1.19 bits per heavy atom. The second-order valence-electron chi connectivity index (χ2n) is 5.19. The van der Waals surface area contributed by atoms with E-state index in [0.29, 0.717) is 0 Å². The van der Waals surface area contributed by atoms with Crippen molar-refractivity contribution in [1.29, 1.82) is 0 Å². The molecule has 0 amide bonds. The van der Waals surface area contributed by atoms with E-state index in [4.69, 9.17) is 0 Å². The van der Waals surface area contributed by atoms with Crippen LogP contribution < -0.4 is 0 Å². The van der Waals surface area contributed by atoms with Gasteiger partial charge in [-0.3, -0.25) is 4.18 Å². The Morgan fingerprint density at radius 2 is 1.95 bits per heavy atom. The third-order valence-corrected chi connectivity index (χ3v) is 3.96. The highest BCUT2D eigenvalue weighted by molar-refractivity contribution is 7.85. The van der Waals surface area contributed by atoms with E-state index < -0.39 is 10.1 Å². The van der Waals surface area contributed by atoms with Crippen molar-refractivity contribution in [2.75, 3.05) is 12.9 Å². The molecule has 21 heavy (non-hydrogen) atoms. The molecule has 0 aliphatic heterocycles. The summed E-state index contributed by atoms with van der Waals surface area (Å²) < 4.78 is 39.5. The molecule has 0 fully saturated rings. The molecule has 1 aromatic carbocycles. The van der Waals surface area contributed by atoms with E-state index >= 15 is 0 Å². The number of aromatic nitrogens is 1. The molecule has 116 valence electrons. The van der Waals surface area contributed by atoms with E-state index in [0.717, 1.165) is 54.8 Å². The minimum atomic E-state index is -3.32. The lowest BCUT2D eigenvalue weighted by molar-refractivity contribution is 0.310. The summed E-state index contributed by atoms with van der Waals surface area (Å²) in [6.45, 7) is 0.247. The molecular weight excluding hydrogens is 293 g/mol. The number of unbranched alkanes of at least 4 members (excludes halogenated alkanes) is 3. The summed E-state index contributed by atoms with van der Waals surface area (Å²) in [5, 5.41) is 0.940. The number of nitrogens with one attached hydrogen (secondary N) is 1. The van der Waals surface area contributed by atoms with E-state index in [2.05, 4.69) is 9.17 Å². The van der Waals surface area contributed by atoms with Crippen LogP contribution in [0.15, 0.2) is 24.4 Å². The molecule has 4 nitrogen and oxygen atoms in total. The summed E-state index contributed by atoms with van der Waals surface area (Å²) in [4.78, 5) is 3.14. The fourth-order valence-corrected chi connectivity index (χ4v) is 2.76. The predicted molar refractivity (Wildman–Crippen MR) is 81.2 cm³/mol. The molecule has 0 saturated carbocycles. The molecule has 0 aliphatic carbocycles. The minimum Gasteiger partial charge on any atom is -0.361 e. The Labute approximate surface area is 124 Å². The van der Waals surface area contributed by atoms with Gasteiger partial charge in [-0.2, -0.15) is 8.42 Å². The number of fused-ring (bicyclic) bond motifs is 1. The van der Waals surface area contributed by atoms with Gasteiger partial charge >= 0.3 is 0 Å². The first kappa shape index (κ1) is 16.0. The Morgan fingerprint density at radius 3 is 2.71 bits per heavy atom. The normalized spacial score (nSPS) is 12.1. The zero-order valence-corrected chi connectivity index (χ0v) is 12.9. The summed E-state index contributed by atoms with van der Waals surface area (Å²) in [6, 6.07) is 4.75. The van der Waals surface area contributed by atoms with Crippen LogP contribution in [0.1, 0.15) is 31.2 Å². The SMILES string of the molecule is CS(=O)(=O)OCCCCCCc1c[nH]c2ccc(F)cc12. The van der Waals surface area contributed by atoms with Gasteiger partial charge in [-0.25, -0.2) is 4.39 Å². The van der Waals surface area contributed by atoms with Crippen LogP contribution in [0, 0.1) is 5.82 Å². The number of rotatable bonds is 8. The Hall–Kier alpha value is -1.40. The molecule has 0 unspecified atom stereocenters. The maximum atomic E-state index is 13.2. The van der Waals surface area contributed by atoms with Crippen LogP contribution in [-0.4, -0.2) is 26.3 Å². The van der Waals surface area contributed by atoms with Crippen LogP contribution in [-0.2, 0) is 20.7 Å². The molecule has 0 saturated heterocycles. The van der Waals surface area contributed by atoms with E-state index in [-0.39, 0.29) is 12.4 Å². The molecule has 0 spiro atoms. The van der Waals surface area contributed by atoms with Crippen LogP contribution in [0.5, 0.6) is 0 Å². The molecule has 0 radical (unpaired) electrons. The molecule has 1 N–H and O–H groups in total. The van der Waals surface area contributed by atoms with Crippen LogP contribution >= 0.6 is 0 Å². The van der Waals surface area contributed by atoms with Crippen molar-refractivity contribution in [3.8, 4) is 0 Å². The maximum absolute atomic E-state index is 13.2. The van der Waals surface area contributed by atoms with Crippen molar-refractivity contribution in [3.63, 3.8) is 0 Å². The lowest BCUT2D eigenvalue weighted by Crippen LogP contribution is -2.03. The van der Waals surface area contributed by atoms with Gasteiger partial charge in [0.25, 0.3) is 10.1 Å². The summed E-state index contributed by atoms with van der Waals surface area (Å²) in [6.07, 6.45) is 7.51. The fraction of sp³-hybridized carbons (Fsp3) is 0.467. The second kappa shape index (κ2) is 7.04. The summed E-state index contributed by atoms with van der Waals surface area (Å²) in [5.41, 5.74) is 2.07. The van der Waals surface area contributed by atoms with E-state index in [1.807, 2.05) is 6.20 Å². The number of aryl methyl sites for hydroxylation is 1. The summed E-state index contributed by atoms with van der Waals surface area (Å²) in [5.74, 6) is -0.221. The van der Waals surface area contributed by atoms with Gasteiger partial charge in [-0.15, -0.1) is 0 Å². The largest absolute Gasteiger partial charge is 0.361 e. The molecule has 0 aliphatic rings. The zero-order valence-electron chi connectivity index (χ0n) is 12.1. The highest BCUT2D eigenvalue weighted by Gasteiger charge is 2.05. The summed E-state index contributed by atoms with van der Waals surface area (Å²) in [7, 11) is -3.32. The van der Waals surface area contributed by atoms with Crippen LogP contribution in [0.25, 0.3) is 10.9 Å². The average Bonchev–Trinajstić information content (AvgIpc) is 2.79. The van der Waals surface area contributed by atoms with Crippen molar-refractivity contribution >= 4 is 21.0 Å². The number of halogens is 1. The van der Waals surface area contributed by atoms with Gasteiger partial charge in [0.2, 0.25) is 0 Å². The van der Waals surface area contributed by atoms with Gasteiger partial charge in [0.1, 0.15) is 5.82 Å². The van der Waals surface area contributed by atoms with Crippen molar-refractivity contribution in [1.82, 2.24) is 4.98 Å². The van der Waals surface area contributed by atoms with Gasteiger partial charge in [0.15, 0.2) is 0 Å². The molecule has 0 bridgehead atoms. The standard InChI is InChI=1S/C15H20FNO3S/c1-21(18,19)20-9-5-3-2-4-6-12-11-17-15-8-7-13(16)10-14(12)15/h7-8,10-11,17H,2-6,9H2,1H3. The smallest absolute Gasteiger partial charge is 0.264 e. The molecule has 1 heterocycles. The van der Waals surface area contributed by atoms with Gasteiger partial charge in [-0.05, 0) is 43.0 Å². The van der Waals surface area contributed by atoms with Crippen molar-refractivity contribution in [3.05, 3.63) is 35.8 Å². The van der Waals surface area contributed by atoms with Crippen LogP contribution in [0.4, 0.5) is 4.39 Å². The average molecular weight is 313 g/mol. The Bertz CT molecular complexity index is 694. The third kappa shape index (κ3) is 5.13. The quantitative estimate of drug-likeness (QED) is 0.600. The topological polar surface area (TPSA) is 59.2 Å². The third-order valence-electron chi connectivity index (χ3n) is 3.37. The molecule has 0 atom stereocenters. The lowest BCUT2D eigenvalue weighted by atomic mass is 10.1. The van der Waals surface area contributed by atoms with Crippen LogP contribution in [0.3, 0.4) is 0 Å². The van der Waals surface area contributed by atoms with E-state index in [1.54, 1.807) is 12.1 Å². The van der Waals surface area contributed by atoms with E-state index in [9.17, 15) is 12.8 Å². The number of benzene rings is 1. The van der Waals surface area contributed by atoms with Gasteiger partial charge in [0, 0.05) is 17.1 Å². The van der Waals surface area contributed by atoms with Gasteiger partial charge < -0.3 is 4.98 Å². The number of hydrogen-bond acceptors (Lipinski definition) is 3. The molecule has 2 aromatic rings. The predicted octanol–water partition coefficient (Wildman–Crippen LogP) is 3.39. The molecule has 6 heteroatoms. The minimum absolute atomic E-state index is 0.221. The van der Waals surface area contributed by atoms with E-state index in [1.165, 1.54) is 6.07 Å². The Kier molecular flexibility index (Phi) is 5.36. The van der Waals surface area contributed by atoms with Crippen molar-refractivity contribution in [2.45, 2.75) is 32.1 Å². The lowest BCUT2D eigenvalue weighted by Gasteiger charge is -2.02. The number of aromatic amines is 1. The first-order chi connectivity index (χ1) is 9.96. The highest BCUT2D eigenvalue weighted by atomic mass is 32.2. The molecule has 1 aromatic heterocycles. The first-order valence-corrected chi connectivity index (χ1v) is 8.87. The van der Waals surface area contributed by atoms with Gasteiger partial charge in [0.05, 0.1) is 12.9 Å². The molecular formula is C15H20FNO3S. The second-order valence-corrected chi connectivity index (χ2v) is 6.84. The summed E-state index contributed by atoms with van der Waals surface area (Å²) >= 11 is 0. The zero-order chi connectivity index (χ0) is 15.3. The highest BCUT2D eigenvalue weighted by Crippen LogP contribution is 2.21. The number of hydrogen-bond donors (Lipinski definition) is 1. The van der Waals surface area contributed by atoms with Crippen LogP contribution in [0.2, 0.25) is 0 Å². The van der Waals surface area contributed by atoms with Crippen molar-refractivity contribution < 1.29 is 17.0 Å². The maximum Gasteiger partial charge on any atom is 0.264 e. The Balaban J connectivity index is 1.72.